The van der Waals surface area contributed by atoms with Gasteiger partial charge in [0.25, 0.3) is 0 Å². The van der Waals surface area contributed by atoms with Gasteiger partial charge in [0.1, 0.15) is 6.04 Å². The van der Waals surface area contributed by atoms with Crippen molar-refractivity contribution in [2.24, 2.45) is 0 Å². The van der Waals surface area contributed by atoms with Crippen LogP contribution in [0.25, 0.3) is 0 Å². The zero-order valence-corrected chi connectivity index (χ0v) is 22.0. The molecule has 3 aromatic rings. The first-order valence-corrected chi connectivity index (χ1v) is 13.5. The van der Waals surface area contributed by atoms with E-state index >= 15 is 0 Å². The number of hydrogen-bond acceptors (Lipinski definition) is 5. The number of carbonyl (C=O) groups is 2. The van der Waals surface area contributed by atoms with Gasteiger partial charge < -0.3 is 15.8 Å². The van der Waals surface area contributed by atoms with Crippen molar-refractivity contribution in [3.8, 4) is 0 Å². The average Bonchev–Trinajstić information content (AvgIpc) is 2.99. The molecule has 2 amide bonds. The summed E-state index contributed by atoms with van der Waals surface area (Å²) >= 11 is 6.19. The van der Waals surface area contributed by atoms with E-state index in [2.05, 4.69) is 10.6 Å². The molecule has 194 valence electrons. The first kappa shape index (κ1) is 26.6. The van der Waals surface area contributed by atoms with E-state index in [0.717, 1.165) is 9.87 Å². The molecule has 1 aliphatic rings. The number of carbonyl (C=O) groups excluding carboxylic acids is 2. The van der Waals surface area contributed by atoms with Gasteiger partial charge in [-0.3, -0.25) is 9.59 Å². The van der Waals surface area contributed by atoms with Crippen LogP contribution in [-0.2, 0) is 32.6 Å². The number of sulfonamides is 1. The number of aryl methyl sites for hydroxylation is 2. The predicted molar refractivity (Wildman–Crippen MR) is 139 cm³/mol. The van der Waals surface area contributed by atoms with Gasteiger partial charge in [0.15, 0.2) is 12.4 Å². The zero-order valence-electron chi connectivity index (χ0n) is 20.4. The molecule has 0 bridgehead atoms. The summed E-state index contributed by atoms with van der Waals surface area (Å²) in [5, 5.41) is 17.2. The number of pyridine rings is 1. The Bertz CT molecular complexity index is 1440. The van der Waals surface area contributed by atoms with Crippen LogP contribution in [0.1, 0.15) is 28.7 Å². The minimum atomic E-state index is -4.19. The third kappa shape index (κ3) is 5.93. The molecule has 1 unspecified atom stereocenters. The number of hydrogen-bond donors (Lipinski definition) is 2. The second kappa shape index (κ2) is 10.9. The Morgan fingerprint density at radius 2 is 1.86 bits per heavy atom. The van der Waals surface area contributed by atoms with E-state index < -0.39 is 27.9 Å². The van der Waals surface area contributed by atoms with E-state index in [0.29, 0.717) is 38.6 Å². The molecule has 2 N–H and O–H groups in total. The number of rotatable bonds is 7. The summed E-state index contributed by atoms with van der Waals surface area (Å²) in [5.41, 5.74) is 3.00. The minimum Gasteiger partial charge on any atom is -0.619 e. The van der Waals surface area contributed by atoms with Crippen LogP contribution in [-0.4, -0.2) is 37.1 Å². The molecule has 37 heavy (non-hydrogen) atoms. The third-order valence-corrected chi connectivity index (χ3v) is 8.68. The van der Waals surface area contributed by atoms with Crippen LogP contribution in [0.4, 0.5) is 5.69 Å². The fourth-order valence-corrected chi connectivity index (χ4v) is 6.29. The molecule has 2 heterocycles. The average molecular weight is 543 g/mol. The van der Waals surface area contributed by atoms with Crippen molar-refractivity contribution in [2.75, 3.05) is 11.9 Å². The summed E-state index contributed by atoms with van der Waals surface area (Å²) < 4.78 is 29.6. The van der Waals surface area contributed by atoms with Gasteiger partial charge in [-0.2, -0.15) is 9.04 Å². The van der Waals surface area contributed by atoms with Crippen LogP contribution in [0.3, 0.4) is 0 Å². The first-order chi connectivity index (χ1) is 17.6. The Labute approximate surface area is 220 Å². The van der Waals surface area contributed by atoms with Gasteiger partial charge in [-0.05, 0) is 60.7 Å². The highest BCUT2D eigenvalue weighted by molar-refractivity contribution is 7.89. The van der Waals surface area contributed by atoms with E-state index in [-0.39, 0.29) is 24.4 Å². The number of anilines is 1. The molecule has 0 saturated carbocycles. The minimum absolute atomic E-state index is 0.0340. The topological polar surface area (TPSA) is 123 Å². The fraction of sp³-hybridized carbons (Fsp3) is 0.269. The van der Waals surface area contributed by atoms with Crippen LogP contribution < -0.4 is 15.4 Å². The molecule has 11 heteroatoms. The van der Waals surface area contributed by atoms with Crippen molar-refractivity contribution < 1.29 is 22.7 Å². The molecule has 1 aliphatic heterocycles. The van der Waals surface area contributed by atoms with E-state index in [1.54, 1.807) is 56.3 Å². The van der Waals surface area contributed by atoms with Crippen LogP contribution >= 0.6 is 11.6 Å². The number of aromatic nitrogens is 1. The standard InChI is InChI=1S/C26H27ClN4O5S/c1-17-14-24(18(2)13-21(17)27)37(35,36)31-16-20-5-3-4-6-22(20)29-26(33)23(31)15-25(32)28-10-7-19-8-11-30(34)12-9-19/h3-6,8-9,11-14,23H,7,10,15-16H2,1-2H3,(H,28,32)(H,29,33). The van der Waals surface area contributed by atoms with Gasteiger partial charge in [0, 0.05) is 35.9 Å². The Kier molecular flexibility index (Phi) is 7.82. The number of amides is 2. The summed E-state index contributed by atoms with van der Waals surface area (Å²) in [6, 6.07) is 12.0. The second-order valence-electron chi connectivity index (χ2n) is 8.95. The number of para-hydroxylation sites is 1. The number of halogens is 1. The highest BCUT2D eigenvalue weighted by atomic mass is 35.5. The van der Waals surface area contributed by atoms with Gasteiger partial charge in [0.2, 0.25) is 21.8 Å². The molecule has 2 aromatic carbocycles. The molecule has 0 radical (unpaired) electrons. The second-order valence-corrected chi connectivity index (χ2v) is 11.2. The summed E-state index contributed by atoms with van der Waals surface area (Å²) in [6.07, 6.45) is 2.85. The zero-order chi connectivity index (χ0) is 26.7. The number of nitrogens with one attached hydrogen (secondary N) is 2. The Morgan fingerprint density at radius 3 is 2.59 bits per heavy atom. The SMILES string of the molecule is Cc1cc(S(=O)(=O)N2Cc3ccccc3NC(=O)C2CC(=O)NCCc2cc[n+]([O-])cc2)c(C)cc1Cl. The van der Waals surface area contributed by atoms with E-state index in [4.69, 9.17) is 11.6 Å². The number of benzene rings is 2. The van der Waals surface area contributed by atoms with Crippen LogP contribution in [0, 0.1) is 19.1 Å². The monoisotopic (exact) mass is 542 g/mol. The fourth-order valence-electron chi connectivity index (χ4n) is 4.22. The molecular weight excluding hydrogens is 516 g/mol. The number of nitrogens with zero attached hydrogens (tertiary/aromatic N) is 2. The van der Waals surface area contributed by atoms with E-state index in [1.807, 2.05) is 0 Å². The normalized spacial score (nSPS) is 16.0. The molecule has 1 atom stereocenters. The lowest BCUT2D eigenvalue weighted by Crippen LogP contribution is -2.48. The van der Waals surface area contributed by atoms with E-state index in [1.165, 1.54) is 18.5 Å². The quantitative estimate of drug-likeness (QED) is 0.351. The van der Waals surface area contributed by atoms with Crippen LogP contribution in [0.15, 0.2) is 65.8 Å². The van der Waals surface area contributed by atoms with Crippen molar-refractivity contribution in [3.63, 3.8) is 0 Å². The Morgan fingerprint density at radius 1 is 1.16 bits per heavy atom. The molecule has 1 aromatic heterocycles. The van der Waals surface area contributed by atoms with Gasteiger partial charge in [-0.25, -0.2) is 8.42 Å². The Hall–Kier alpha value is -3.47. The molecule has 9 nitrogen and oxygen atoms in total. The molecule has 4 rings (SSSR count). The third-order valence-electron chi connectivity index (χ3n) is 6.28. The lowest BCUT2D eigenvalue weighted by Gasteiger charge is -2.28. The van der Waals surface area contributed by atoms with Gasteiger partial charge in [0.05, 0.1) is 11.3 Å². The molecule has 0 fully saturated rings. The van der Waals surface area contributed by atoms with Crippen molar-refractivity contribution in [1.82, 2.24) is 9.62 Å². The lowest BCUT2D eigenvalue weighted by atomic mass is 10.1. The largest absolute Gasteiger partial charge is 0.619 e. The maximum Gasteiger partial charge on any atom is 0.244 e. The molecule has 0 saturated heterocycles. The van der Waals surface area contributed by atoms with Crippen molar-refractivity contribution in [3.05, 3.63) is 93.4 Å². The number of fused-ring (bicyclic) bond motifs is 1. The van der Waals surface area contributed by atoms with Crippen LogP contribution in [0.5, 0.6) is 0 Å². The van der Waals surface area contributed by atoms with Gasteiger partial charge in [-0.1, -0.05) is 29.8 Å². The summed E-state index contributed by atoms with van der Waals surface area (Å²) in [5.74, 6) is -1.06. The highest BCUT2D eigenvalue weighted by Gasteiger charge is 2.40. The molecular formula is C26H27ClN4O5S. The molecule has 0 aliphatic carbocycles. The summed E-state index contributed by atoms with van der Waals surface area (Å²) in [6.45, 7) is 3.52. The van der Waals surface area contributed by atoms with Crippen molar-refractivity contribution in [1.29, 1.82) is 0 Å². The maximum atomic E-state index is 13.9. The van der Waals surface area contributed by atoms with Crippen molar-refractivity contribution in [2.45, 2.75) is 44.2 Å². The molecule has 0 spiro atoms. The lowest BCUT2D eigenvalue weighted by molar-refractivity contribution is -0.605. The smallest absolute Gasteiger partial charge is 0.244 e. The van der Waals surface area contributed by atoms with E-state index in [9.17, 15) is 23.2 Å². The summed E-state index contributed by atoms with van der Waals surface area (Å²) in [7, 11) is -4.19. The van der Waals surface area contributed by atoms with Gasteiger partial charge >= 0.3 is 0 Å². The first-order valence-electron chi connectivity index (χ1n) is 11.7. The van der Waals surface area contributed by atoms with Gasteiger partial charge in [-0.15, -0.1) is 0 Å². The summed E-state index contributed by atoms with van der Waals surface area (Å²) in [4.78, 5) is 26.2. The van der Waals surface area contributed by atoms with Crippen molar-refractivity contribution >= 4 is 39.1 Å². The predicted octanol–water partition coefficient (Wildman–Crippen LogP) is 2.85. The maximum absolute atomic E-state index is 13.9. The van der Waals surface area contributed by atoms with Crippen LogP contribution in [0.2, 0.25) is 5.02 Å². The Balaban J connectivity index is 1.61. The highest BCUT2D eigenvalue weighted by Crippen LogP contribution is 2.32.